The van der Waals surface area contributed by atoms with Gasteiger partial charge < -0.3 is 10.4 Å². The third-order valence-corrected chi connectivity index (χ3v) is 2.93. The van der Waals surface area contributed by atoms with Gasteiger partial charge in [-0.1, -0.05) is 20.8 Å². The van der Waals surface area contributed by atoms with E-state index in [2.05, 4.69) is 10.3 Å². The van der Waals surface area contributed by atoms with Gasteiger partial charge in [-0.3, -0.25) is 9.78 Å². The van der Waals surface area contributed by atoms with E-state index in [9.17, 15) is 9.90 Å². The predicted molar refractivity (Wildman–Crippen MR) is 71.5 cm³/mol. The fourth-order valence-electron chi connectivity index (χ4n) is 1.52. The van der Waals surface area contributed by atoms with E-state index in [0.717, 1.165) is 5.69 Å². The lowest BCUT2D eigenvalue weighted by atomic mass is 9.89. The molecule has 0 fully saturated rings. The molecule has 1 heterocycles. The van der Waals surface area contributed by atoms with E-state index in [1.165, 1.54) is 0 Å². The Labute approximate surface area is 108 Å². The minimum atomic E-state index is -0.569. The smallest absolute Gasteiger partial charge is 0.253 e. The van der Waals surface area contributed by atoms with Crippen molar-refractivity contribution in [1.82, 2.24) is 10.3 Å². The average molecular weight is 250 g/mol. The van der Waals surface area contributed by atoms with Gasteiger partial charge in [-0.15, -0.1) is 0 Å². The minimum Gasteiger partial charge on any atom is -0.391 e. The van der Waals surface area contributed by atoms with Crippen LogP contribution in [-0.2, 0) is 0 Å². The number of aliphatic hydroxyl groups is 1. The Balaban J connectivity index is 2.66. The highest BCUT2D eigenvalue weighted by atomic mass is 16.3. The SMILES string of the molecule is Cc1ccc(C(=O)NCC(O)C(C)(C)C)c(C)n1. The van der Waals surface area contributed by atoms with Crippen LogP contribution in [0, 0.1) is 19.3 Å². The molecule has 100 valence electrons. The second-order valence-electron chi connectivity index (χ2n) is 5.68. The zero-order valence-corrected chi connectivity index (χ0v) is 11.7. The van der Waals surface area contributed by atoms with E-state index in [-0.39, 0.29) is 17.9 Å². The van der Waals surface area contributed by atoms with Gasteiger partial charge in [0.05, 0.1) is 17.4 Å². The second-order valence-corrected chi connectivity index (χ2v) is 5.68. The normalized spacial score (nSPS) is 13.2. The Kier molecular flexibility index (Phi) is 4.46. The van der Waals surface area contributed by atoms with Gasteiger partial charge in [0.25, 0.3) is 5.91 Å². The largest absolute Gasteiger partial charge is 0.391 e. The molecule has 1 atom stereocenters. The van der Waals surface area contributed by atoms with Crippen LogP contribution in [-0.4, -0.2) is 28.6 Å². The molecule has 0 aliphatic carbocycles. The summed E-state index contributed by atoms with van der Waals surface area (Å²) >= 11 is 0. The number of hydrogen-bond donors (Lipinski definition) is 2. The van der Waals surface area contributed by atoms with E-state index < -0.39 is 6.10 Å². The lowest BCUT2D eigenvalue weighted by Crippen LogP contribution is -2.39. The number of aliphatic hydroxyl groups excluding tert-OH is 1. The molecule has 1 unspecified atom stereocenters. The predicted octanol–water partition coefficient (Wildman–Crippen LogP) is 1.84. The summed E-state index contributed by atoms with van der Waals surface area (Å²) in [5.74, 6) is -0.191. The van der Waals surface area contributed by atoms with E-state index in [1.54, 1.807) is 6.07 Å². The molecule has 0 saturated carbocycles. The molecular formula is C14H22N2O2. The molecule has 0 radical (unpaired) electrons. The number of hydrogen-bond acceptors (Lipinski definition) is 3. The molecule has 18 heavy (non-hydrogen) atoms. The number of nitrogens with one attached hydrogen (secondary N) is 1. The number of pyridine rings is 1. The first kappa shape index (κ1) is 14.6. The van der Waals surface area contributed by atoms with Gasteiger partial charge in [0, 0.05) is 12.2 Å². The summed E-state index contributed by atoms with van der Waals surface area (Å²) in [5, 5.41) is 12.6. The standard InChI is InChI=1S/C14H22N2O2/c1-9-6-7-11(10(2)16-9)13(18)15-8-12(17)14(3,4)5/h6-7,12,17H,8H2,1-5H3,(H,15,18). The fourth-order valence-corrected chi connectivity index (χ4v) is 1.52. The summed E-state index contributed by atoms with van der Waals surface area (Å²) < 4.78 is 0. The van der Waals surface area contributed by atoms with Gasteiger partial charge in [-0.25, -0.2) is 0 Å². The van der Waals surface area contributed by atoms with Crippen LogP contribution in [0.2, 0.25) is 0 Å². The summed E-state index contributed by atoms with van der Waals surface area (Å²) in [6.45, 7) is 9.74. The van der Waals surface area contributed by atoms with Crippen LogP contribution in [0.3, 0.4) is 0 Å². The van der Waals surface area contributed by atoms with Crippen molar-refractivity contribution in [2.24, 2.45) is 5.41 Å². The topological polar surface area (TPSA) is 62.2 Å². The van der Waals surface area contributed by atoms with Gasteiger partial charge in [-0.2, -0.15) is 0 Å². The average Bonchev–Trinajstić information content (AvgIpc) is 2.24. The number of aryl methyl sites for hydroxylation is 2. The summed E-state index contributed by atoms with van der Waals surface area (Å²) in [4.78, 5) is 16.2. The van der Waals surface area contributed by atoms with Crippen LogP contribution in [0.4, 0.5) is 0 Å². The molecule has 0 saturated heterocycles. The third-order valence-electron chi connectivity index (χ3n) is 2.93. The number of carbonyl (C=O) groups excluding carboxylic acids is 1. The Morgan fingerprint density at radius 3 is 2.50 bits per heavy atom. The number of nitrogens with zero attached hydrogens (tertiary/aromatic N) is 1. The van der Waals surface area contributed by atoms with Crippen molar-refractivity contribution in [3.05, 3.63) is 29.1 Å². The highest BCUT2D eigenvalue weighted by Crippen LogP contribution is 2.18. The second kappa shape index (κ2) is 5.48. The number of rotatable bonds is 3. The van der Waals surface area contributed by atoms with E-state index >= 15 is 0 Å². The van der Waals surface area contributed by atoms with Crippen LogP contribution in [0.5, 0.6) is 0 Å². The lowest BCUT2D eigenvalue weighted by molar-refractivity contribution is 0.0586. The van der Waals surface area contributed by atoms with Gasteiger partial charge in [0.2, 0.25) is 0 Å². The Morgan fingerprint density at radius 2 is 2.00 bits per heavy atom. The van der Waals surface area contributed by atoms with Crippen LogP contribution in [0.1, 0.15) is 42.5 Å². The lowest BCUT2D eigenvalue weighted by Gasteiger charge is -2.25. The number of carbonyl (C=O) groups is 1. The van der Waals surface area contributed by atoms with Crippen molar-refractivity contribution in [1.29, 1.82) is 0 Å². The van der Waals surface area contributed by atoms with E-state index in [4.69, 9.17) is 0 Å². The molecule has 0 bridgehead atoms. The zero-order valence-electron chi connectivity index (χ0n) is 11.7. The summed E-state index contributed by atoms with van der Waals surface area (Å²) in [6, 6.07) is 3.57. The maximum Gasteiger partial charge on any atom is 0.253 e. The van der Waals surface area contributed by atoms with E-state index in [0.29, 0.717) is 11.3 Å². The third kappa shape index (κ3) is 3.81. The number of amides is 1. The molecule has 0 spiro atoms. The first-order valence-corrected chi connectivity index (χ1v) is 6.12. The summed E-state index contributed by atoms with van der Waals surface area (Å²) in [5.41, 5.74) is 1.91. The van der Waals surface area contributed by atoms with Gasteiger partial charge in [0.15, 0.2) is 0 Å². The van der Waals surface area contributed by atoms with Crippen molar-refractivity contribution in [3.63, 3.8) is 0 Å². The molecule has 1 aromatic rings. The molecule has 0 aliphatic rings. The molecular weight excluding hydrogens is 228 g/mol. The van der Waals surface area contributed by atoms with Crippen LogP contribution < -0.4 is 5.32 Å². The quantitative estimate of drug-likeness (QED) is 0.860. The highest BCUT2D eigenvalue weighted by molar-refractivity contribution is 5.95. The first-order valence-electron chi connectivity index (χ1n) is 6.12. The van der Waals surface area contributed by atoms with Crippen molar-refractivity contribution >= 4 is 5.91 Å². The van der Waals surface area contributed by atoms with Crippen molar-refractivity contribution in [3.8, 4) is 0 Å². The van der Waals surface area contributed by atoms with Gasteiger partial charge >= 0.3 is 0 Å². The monoisotopic (exact) mass is 250 g/mol. The molecule has 1 rings (SSSR count). The molecule has 4 heteroatoms. The fraction of sp³-hybridized carbons (Fsp3) is 0.571. The molecule has 1 amide bonds. The molecule has 2 N–H and O–H groups in total. The highest BCUT2D eigenvalue weighted by Gasteiger charge is 2.22. The Hall–Kier alpha value is -1.42. The first-order chi connectivity index (χ1) is 8.21. The van der Waals surface area contributed by atoms with E-state index in [1.807, 2.05) is 40.7 Å². The molecule has 0 aliphatic heterocycles. The maximum atomic E-state index is 11.9. The van der Waals surface area contributed by atoms with Crippen LogP contribution in [0.25, 0.3) is 0 Å². The van der Waals surface area contributed by atoms with Crippen LogP contribution in [0.15, 0.2) is 12.1 Å². The van der Waals surface area contributed by atoms with Crippen molar-refractivity contribution in [2.45, 2.75) is 40.7 Å². The number of aromatic nitrogens is 1. The van der Waals surface area contributed by atoms with Crippen molar-refractivity contribution in [2.75, 3.05) is 6.54 Å². The minimum absolute atomic E-state index is 0.191. The van der Waals surface area contributed by atoms with Gasteiger partial charge in [0.1, 0.15) is 0 Å². The van der Waals surface area contributed by atoms with Crippen LogP contribution >= 0.6 is 0 Å². The summed E-state index contributed by atoms with van der Waals surface area (Å²) in [7, 11) is 0. The summed E-state index contributed by atoms with van der Waals surface area (Å²) in [6.07, 6.45) is -0.569. The maximum absolute atomic E-state index is 11.9. The zero-order chi connectivity index (χ0) is 13.9. The van der Waals surface area contributed by atoms with Gasteiger partial charge in [-0.05, 0) is 31.4 Å². The molecule has 4 nitrogen and oxygen atoms in total. The van der Waals surface area contributed by atoms with Crippen molar-refractivity contribution < 1.29 is 9.90 Å². The Morgan fingerprint density at radius 1 is 1.39 bits per heavy atom. The molecule has 1 aromatic heterocycles. The molecule has 0 aromatic carbocycles. The Bertz CT molecular complexity index is 436.